The number of likely N-dealkylation sites (tertiary alicyclic amines) is 1. The van der Waals surface area contributed by atoms with E-state index in [-0.39, 0.29) is 30.2 Å². The van der Waals surface area contributed by atoms with Gasteiger partial charge in [-0.1, -0.05) is 12.1 Å². The largest absolute Gasteiger partial charge is 0.354 e. The van der Waals surface area contributed by atoms with Crippen LogP contribution in [0.2, 0.25) is 0 Å². The smallest absolute Gasteiger partial charge is 0.237 e. The molecule has 2 atom stereocenters. The third-order valence-corrected chi connectivity index (χ3v) is 5.17. The Labute approximate surface area is 156 Å². The van der Waals surface area contributed by atoms with Crippen LogP contribution in [0.3, 0.4) is 0 Å². The van der Waals surface area contributed by atoms with Gasteiger partial charge >= 0.3 is 0 Å². The number of hydrogen-bond donors (Lipinski definition) is 2. The van der Waals surface area contributed by atoms with E-state index in [1.54, 1.807) is 6.07 Å². The number of rotatable bonds is 5. The Morgan fingerprint density at radius 1 is 1.36 bits per heavy atom. The quantitative estimate of drug-likeness (QED) is 0.838. The zero-order chi connectivity index (χ0) is 16.9. The average Bonchev–Trinajstić information content (AvgIpc) is 3.11. The second kappa shape index (κ2) is 9.51. The molecule has 2 aliphatic rings. The van der Waals surface area contributed by atoms with Crippen LogP contribution in [0.5, 0.6) is 0 Å². The van der Waals surface area contributed by atoms with Gasteiger partial charge in [0.1, 0.15) is 5.82 Å². The lowest BCUT2D eigenvalue weighted by Crippen LogP contribution is -2.45. The molecule has 0 spiro atoms. The summed E-state index contributed by atoms with van der Waals surface area (Å²) in [6, 6.07) is 5.37. The van der Waals surface area contributed by atoms with Gasteiger partial charge in [-0.2, -0.15) is 0 Å². The molecule has 0 bridgehead atoms. The molecule has 0 radical (unpaired) electrons. The van der Waals surface area contributed by atoms with Gasteiger partial charge in [0.05, 0.1) is 6.04 Å². The summed E-state index contributed by atoms with van der Waals surface area (Å²) in [6.07, 6.45) is 4.36. The van der Waals surface area contributed by atoms with Crippen LogP contribution in [0.25, 0.3) is 0 Å². The first-order chi connectivity index (χ1) is 11.6. The van der Waals surface area contributed by atoms with Crippen molar-refractivity contribution >= 4 is 18.3 Å². The summed E-state index contributed by atoms with van der Waals surface area (Å²) in [6.45, 7) is 6.45. The lowest BCUT2D eigenvalue weighted by atomic mass is 9.97. The Morgan fingerprint density at radius 2 is 2.20 bits per heavy atom. The normalized spacial score (nSPS) is 23.9. The van der Waals surface area contributed by atoms with Crippen molar-refractivity contribution < 1.29 is 9.18 Å². The molecule has 3 rings (SSSR count). The molecule has 2 N–H and O–H groups in total. The Kier molecular flexibility index (Phi) is 7.66. The Morgan fingerprint density at radius 3 is 2.92 bits per heavy atom. The first kappa shape index (κ1) is 20.1. The number of nitrogens with one attached hydrogen (secondary N) is 2. The highest BCUT2D eigenvalue weighted by Crippen LogP contribution is 2.19. The summed E-state index contributed by atoms with van der Waals surface area (Å²) < 4.78 is 13.4. The van der Waals surface area contributed by atoms with Crippen molar-refractivity contribution in [3.63, 3.8) is 0 Å². The number of carbonyl (C=O) groups is 1. The van der Waals surface area contributed by atoms with Crippen LogP contribution in [0.1, 0.15) is 36.8 Å². The molecule has 2 unspecified atom stereocenters. The summed E-state index contributed by atoms with van der Waals surface area (Å²) in [5.74, 6) is 0.517. The summed E-state index contributed by atoms with van der Waals surface area (Å²) in [4.78, 5) is 14.5. The van der Waals surface area contributed by atoms with Gasteiger partial charge in [0.2, 0.25) is 5.91 Å². The van der Waals surface area contributed by atoms with E-state index in [0.29, 0.717) is 11.5 Å². The number of amides is 1. The van der Waals surface area contributed by atoms with Gasteiger partial charge < -0.3 is 10.6 Å². The van der Waals surface area contributed by atoms with Crippen molar-refractivity contribution in [2.24, 2.45) is 5.92 Å². The molecule has 0 aliphatic carbocycles. The molecule has 2 aliphatic heterocycles. The third kappa shape index (κ3) is 5.66. The lowest BCUT2D eigenvalue weighted by molar-refractivity contribution is -0.123. The van der Waals surface area contributed by atoms with Crippen LogP contribution in [0.15, 0.2) is 18.2 Å². The molecule has 0 saturated carbocycles. The Bertz CT molecular complexity index is 578. The van der Waals surface area contributed by atoms with E-state index in [2.05, 4.69) is 15.5 Å². The molecule has 2 saturated heterocycles. The topological polar surface area (TPSA) is 44.4 Å². The highest BCUT2D eigenvalue weighted by atomic mass is 35.5. The number of hydrogen-bond acceptors (Lipinski definition) is 3. The number of benzene rings is 1. The van der Waals surface area contributed by atoms with Crippen molar-refractivity contribution in [1.82, 2.24) is 15.5 Å². The van der Waals surface area contributed by atoms with E-state index in [9.17, 15) is 9.18 Å². The lowest BCUT2D eigenvalue weighted by Gasteiger charge is -2.33. The third-order valence-electron chi connectivity index (χ3n) is 5.17. The maximum Gasteiger partial charge on any atom is 0.237 e. The van der Waals surface area contributed by atoms with Crippen LogP contribution < -0.4 is 10.6 Å². The van der Waals surface area contributed by atoms with Crippen molar-refractivity contribution in [2.75, 3.05) is 26.2 Å². The molecule has 1 amide bonds. The summed E-state index contributed by atoms with van der Waals surface area (Å²) in [7, 11) is 0. The van der Waals surface area contributed by atoms with Crippen LogP contribution in [0.4, 0.5) is 4.39 Å². The van der Waals surface area contributed by atoms with E-state index in [1.165, 1.54) is 0 Å². The maximum atomic E-state index is 13.4. The molecular weight excluding hydrogens is 341 g/mol. The van der Waals surface area contributed by atoms with Gasteiger partial charge in [-0.05, 0) is 68.8 Å². The van der Waals surface area contributed by atoms with Crippen LogP contribution in [-0.4, -0.2) is 43.0 Å². The highest BCUT2D eigenvalue weighted by Gasteiger charge is 2.24. The molecule has 2 heterocycles. The van der Waals surface area contributed by atoms with Gasteiger partial charge in [-0.15, -0.1) is 12.4 Å². The highest BCUT2D eigenvalue weighted by molar-refractivity contribution is 5.85. The predicted octanol–water partition coefficient (Wildman–Crippen LogP) is 2.64. The Balaban J connectivity index is 0.00000225. The fraction of sp³-hybridized carbons (Fsp3) is 0.632. The number of aryl methyl sites for hydroxylation is 1. The number of nitrogens with zero attached hydrogens (tertiary/aromatic N) is 1. The monoisotopic (exact) mass is 369 g/mol. The van der Waals surface area contributed by atoms with Gasteiger partial charge in [-0.3, -0.25) is 9.69 Å². The van der Waals surface area contributed by atoms with Crippen molar-refractivity contribution in [3.05, 3.63) is 35.1 Å². The van der Waals surface area contributed by atoms with Crippen molar-refractivity contribution in [2.45, 2.75) is 45.2 Å². The first-order valence-electron chi connectivity index (χ1n) is 9.10. The minimum absolute atomic E-state index is 0. The van der Waals surface area contributed by atoms with E-state index in [0.717, 1.165) is 64.0 Å². The number of carbonyl (C=O) groups excluding carboxylic acids is 1. The molecule has 2 fully saturated rings. The molecule has 0 aromatic heterocycles. The fourth-order valence-electron chi connectivity index (χ4n) is 3.80. The molecule has 25 heavy (non-hydrogen) atoms. The van der Waals surface area contributed by atoms with Crippen molar-refractivity contribution in [1.29, 1.82) is 0 Å². The number of piperidine rings is 1. The SMILES string of the molecule is Cc1cc(CN2CCCC(CNC(=O)C3CCCN3)C2)ccc1F.Cl. The molecular formula is C19H29ClFN3O. The first-order valence-corrected chi connectivity index (χ1v) is 9.10. The minimum atomic E-state index is -0.140. The predicted molar refractivity (Wildman–Crippen MR) is 100 cm³/mol. The summed E-state index contributed by atoms with van der Waals surface area (Å²) >= 11 is 0. The van der Waals surface area contributed by atoms with Crippen molar-refractivity contribution in [3.8, 4) is 0 Å². The second-order valence-corrected chi connectivity index (χ2v) is 7.22. The summed E-state index contributed by atoms with van der Waals surface area (Å²) in [5.41, 5.74) is 1.87. The summed E-state index contributed by atoms with van der Waals surface area (Å²) in [5, 5.41) is 6.36. The average molecular weight is 370 g/mol. The number of halogens is 2. The van der Waals surface area contributed by atoms with Crippen LogP contribution in [-0.2, 0) is 11.3 Å². The zero-order valence-electron chi connectivity index (χ0n) is 14.9. The van der Waals surface area contributed by atoms with Gasteiger partial charge in [0, 0.05) is 19.6 Å². The van der Waals surface area contributed by atoms with Gasteiger partial charge in [0.15, 0.2) is 0 Å². The Hall–Kier alpha value is -1.17. The zero-order valence-corrected chi connectivity index (χ0v) is 15.7. The molecule has 1 aromatic carbocycles. The van der Waals surface area contributed by atoms with Crippen LogP contribution in [0, 0.1) is 18.7 Å². The maximum absolute atomic E-state index is 13.4. The standard InChI is InChI=1S/C19H28FN3O.ClH/c1-14-10-15(6-7-17(14)20)12-23-9-3-4-16(13-23)11-22-19(24)18-5-2-8-21-18;/h6-7,10,16,18,21H,2-5,8-9,11-13H2,1H3,(H,22,24);1H. The van der Waals surface area contributed by atoms with E-state index in [4.69, 9.17) is 0 Å². The van der Waals surface area contributed by atoms with Gasteiger partial charge in [-0.25, -0.2) is 4.39 Å². The molecule has 4 nitrogen and oxygen atoms in total. The van der Waals surface area contributed by atoms with Gasteiger partial charge in [0.25, 0.3) is 0 Å². The molecule has 1 aromatic rings. The van der Waals surface area contributed by atoms with E-state index in [1.807, 2.05) is 19.1 Å². The molecule has 6 heteroatoms. The fourth-order valence-corrected chi connectivity index (χ4v) is 3.80. The second-order valence-electron chi connectivity index (χ2n) is 7.22. The van der Waals surface area contributed by atoms with E-state index >= 15 is 0 Å². The molecule has 140 valence electrons. The van der Waals surface area contributed by atoms with Crippen LogP contribution >= 0.6 is 12.4 Å². The van der Waals surface area contributed by atoms with E-state index < -0.39 is 0 Å². The minimum Gasteiger partial charge on any atom is -0.354 e.